The summed E-state index contributed by atoms with van der Waals surface area (Å²) in [5.74, 6) is 0.869. The fraction of sp³-hybridized carbons (Fsp3) is 0.750. The molecule has 0 aromatic carbocycles. The molecule has 122 valence electrons. The molecule has 0 aliphatic carbocycles. The smallest absolute Gasteiger partial charge is 0.243 e. The first kappa shape index (κ1) is 15.7. The normalized spacial score (nSPS) is 22.8. The van der Waals surface area contributed by atoms with Gasteiger partial charge in [0.1, 0.15) is 5.54 Å². The first-order valence-electron chi connectivity index (χ1n) is 8.18. The van der Waals surface area contributed by atoms with Crippen LogP contribution < -0.4 is 4.90 Å². The molecule has 22 heavy (non-hydrogen) atoms. The summed E-state index contributed by atoms with van der Waals surface area (Å²) in [6.07, 6.45) is 3.65. The first-order chi connectivity index (χ1) is 10.5. The quantitative estimate of drug-likeness (QED) is 0.852. The van der Waals surface area contributed by atoms with Crippen LogP contribution >= 0.6 is 11.3 Å². The predicted octanol–water partition coefficient (Wildman–Crippen LogP) is 1.91. The number of anilines is 1. The number of hydrogen-bond donors (Lipinski definition) is 0. The molecule has 3 heterocycles. The Kier molecular flexibility index (Phi) is 4.41. The standard InChI is InChI=1S/C16H26N4OS/c1-13(2)12-20-10-9-18(3)16(14(20)21)4-7-19(8-5-16)15-17-6-11-22-15/h6,11,13H,4-5,7-10,12H2,1-3H3. The highest BCUT2D eigenvalue weighted by Gasteiger charge is 2.49. The maximum absolute atomic E-state index is 13.1. The lowest BCUT2D eigenvalue weighted by Crippen LogP contribution is -2.68. The third-order valence-corrected chi connectivity index (χ3v) is 5.82. The van der Waals surface area contributed by atoms with Gasteiger partial charge >= 0.3 is 0 Å². The van der Waals surface area contributed by atoms with E-state index in [4.69, 9.17) is 0 Å². The van der Waals surface area contributed by atoms with Gasteiger partial charge in [-0.15, -0.1) is 11.3 Å². The molecule has 0 N–H and O–H groups in total. The Bertz CT molecular complexity index is 508. The number of likely N-dealkylation sites (N-methyl/N-ethyl adjacent to an activating group) is 1. The Hall–Kier alpha value is -1.14. The second-order valence-electron chi connectivity index (χ2n) is 6.90. The van der Waals surface area contributed by atoms with Gasteiger partial charge in [0.15, 0.2) is 5.13 Å². The zero-order chi connectivity index (χ0) is 15.7. The van der Waals surface area contributed by atoms with Crippen LogP contribution in [0.5, 0.6) is 0 Å². The number of rotatable bonds is 3. The van der Waals surface area contributed by atoms with Crippen molar-refractivity contribution in [2.45, 2.75) is 32.2 Å². The van der Waals surface area contributed by atoms with Crippen LogP contribution in [0.1, 0.15) is 26.7 Å². The van der Waals surface area contributed by atoms with E-state index in [1.54, 1.807) is 11.3 Å². The second-order valence-corrected chi connectivity index (χ2v) is 7.77. The maximum Gasteiger partial charge on any atom is 0.243 e. The van der Waals surface area contributed by atoms with E-state index < -0.39 is 0 Å². The number of amides is 1. The lowest BCUT2D eigenvalue weighted by Gasteiger charge is -2.51. The van der Waals surface area contributed by atoms with Gasteiger partial charge in [0.25, 0.3) is 0 Å². The molecule has 2 aliphatic rings. The summed E-state index contributed by atoms with van der Waals surface area (Å²) in [7, 11) is 2.11. The van der Waals surface area contributed by atoms with Crippen LogP contribution in [-0.2, 0) is 4.79 Å². The summed E-state index contributed by atoms with van der Waals surface area (Å²) in [5.41, 5.74) is -0.291. The van der Waals surface area contributed by atoms with Gasteiger partial charge in [-0.05, 0) is 25.8 Å². The van der Waals surface area contributed by atoms with Crippen LogP contribution in [-0.4, -0.2) is 66.0 Å². The average molecular weight is 322 g/mol. The lowest BCUT2D eigenvalue weighted by atomic mass is 9.82. The van der Waals surface area contributed by atoms with Gasteiger partial charge in [-0.3, -0.25) is 9.69 Å². The summed E-state index contributed by atoms with van der Waals surface area (Å²) in [6.45, 7) is 8.93. The van der Waals surface area contributed by atoms with Gasteiger partial charge in [0.2, 0.25) is 5.91 Å². The van der Waals surface area contributed by atoms with Crippen molar-refractivity contribution < 1.29 is 4.79 Å². The number of thiazole rings is 1. The molecular weight excluding hydrogens is 296 g/mol. The van der Waals surface area contributed by atoms with Crippen LogP contribution in [0.2, 0.25) is 0 Å². The van der Waals surface area contributed by atoms with Crippen molar-refractivity contribution in [1.82, 2.24) is 14.8 Å². The highest BCUT2D eigenvalue weighted by molar-refractivity contribution is 7.13. The van der Waals surface area contributed by atoms with Gasteiger partial charge in [-0.1, -0.05) is 13.8 Å². The Morgan fingerprint density at radius 1 is 1.27 bits per heavy atom. The number of carbonyl (C=O) groups is 1. The number of aromatic nitrogens is 1. The molecule has 0 unspecified atom stereocenters. The van der Waals surface area contributed by atoms with E-state index in [-0.39, 0.29) is 5.54 Å². The van der Waals surface area contributed by atoms with Crippen molar-refractivity contribution in [3.63, 3.8) is 0 Å². The molecule has 2 aliphatic heterocycles. The first-order valence-corrected chi connectivity index (χ1v) is 9.06. The molecule has 0 atom stereocenters. The van der Waals surface area contributed by atoms with Crippen molar-refractivity contribution >= 4 is 22.4 Å². The summed E-state index contributed by atoms with van der Waals surface area (Å²) in [5, 5.41) is 3.10. The Morgan fingerprint density at radius 3 is 2.59 bits per heavy atom. The highest BCUT2D eigenvalue weighted by Crippen LogP contribution is 2.35. The number of carbonyl (C=O) groups excluding carboxylic acids is 1. The van der Waals surface area contributed by atoms with Crippen molar-refractivity contribution in [2.24, 2.45) is 5.92 Å². The molecule has 3 rings (SSSR count). The average Bonchev–Trinajstić information content (AvgIpc) is 3.03. The van der Waals surface area contributed by atoms with E-state index in [1.807, 2.05) is 11.6 Å². The third-order valence-electron chi connectivity index (χ3n) is 4.99. The minimum absolute atomic E-state index is 0.291. The monoisotopic (exact) mass is 322 g/mol. The van der Waals surface area contributed by atoms with Crippen LogP contribution in [0.3, 0.4) is 0 Å². The van der Waals surface area contributed by atoms with Gasteiger partial charge in [-0.2, -0.15) is 0 Å². The molecule has 2 saturated heterocycles. The van der Waals surface area contributed by atoms with Gasteiger partial charge in [0.05, 0.1) is 0 Å². The predicted molar refractivity (Wildman–Crippen MR) is 90.3 cm³/mol. The Labute approximate surface area is 136 Å². The van der Waals surface area contributed by atoms with Crippen molar-refractivity contribution in [3.05, 3.63) is 11.6 Å². The molecule has 1 aromatic rings. The minimum Gasteiger partial charge on any atom is -0.348 e. The number of piperazine rings is 1. The van der Waals surface area contributed by atoms with Crippen molar-refractivity contribution in [3.8, 4) is 0 Å². The van der Waals surface area contributed by atoms with Crippen LogP contribution in [0.4, 0.5) is 5.13 Å². The van der Waals surface area contributed by atoms with E-state index in [0.29, 0.717) is 11.8 Å². The summed E-state index contributed by atoms with van der Waals surface area (Å²) < 4.78 is 0. The Balaban J connectivity index is 1.73. The fourth-order valence-electron chi connectivity index (χ4n) is 3.69. The molecule has 2 fully saturated rings. The molecule has 0 saturated carbocycles. The Morgan fingerprint density at radius 2 is 2.00 bits per heavy atom. The fourth-order valence-corrected chi connectivity index (χ4v) is 4.39. The zero-order valence-corrected chi connectivity index (χ0v) is 14.6. The number of piperidine rings is 1. The lowest BCUT2D eigenvalue weighted by molar-refractivity contribution is -0.152. The van der Waals surface area contributed by atoms with Gasteiger partial charge in [0, 0.05) is 44.3 Å². The molecular formula is C16H26N4OS. The van der Waals surface area contributed by atoms with Crippen LogP contribution in [0.15, 0.2) is 11.6 Å². The molecule has 1 spiro atoms. The molecule has 1 aromatic heterocycles. The van der Waals surface area contributed by atoms with E-state index in [1.165, 1.54) is 0 Å². The number of nitrogens with zero attached hydrogens (tertiary/aromatic N) is 4. The van der Waals surface area contributed by atoms with Crippen molar-refractivity contribution in [1.29, 1.82) is 0 Å². The van der Waals surface area contributed by atoms with Gasteiger partial charge in [-0.25, -0.2) is 4.98 Å². The number of hydrogen-bond acceptors (Lipinski definition) is 5. The second kappa shape index (κ2) is 6.16. The zero-order valence-electron chi connectivity index (χ0n) is 13.8. The SMILES string of the molecule is CC(C)CN1CCN(C)C2(CCN(c3nccs3)CC2)C1=O. The molecule has 0 radical (unpaired) electrons. The molecule has 6 heteroatoms. The van der Waals surface area contributed by atoms with E-state index in [2.05, 4.69) is 40.6 Å². The minimum atomic E-state index is -0.291. The van der Waals surface area contributed by atoms with E-state index >= 15 is 0 Å². The molecule has 5 nitrogen and oxygen atoms in total. The summed E-state index contributed by atoms with van der Waals surface area (Å²) >= 11 is 1.68. The highest BCUT2D eigenvalue weighted by atomic mass is 32.1. The summed E-state index contributed by atoms with van der Waals surface area (Å²) in [6, 6.07) is 0. The third kappa shape index (κ3) is 2.74. The summed E-state index contributed by atoms with van der Waals surface area (Å²) in [4.78, 5) is 24.2. The van der Waals surface area contributed by atoms with Crippen LogP contribution in [0.25, 0.3) is 0 Å². The van der Waals surface area contributed by atoms with Gasteiger partial charge < -0.3 is 9.80 Å². The van der Waals surface area contributed by atoms with E-state index in [9.17, 15) is 4.79 Å². The molecule has 0 bridgehead atoms. The maximum atomic E-state index is 13.1. The van der Waals surface area contributed by atoms with Crippen LogP contribution in [0, 0.1) is 5.92 Å². The molecule has 1 amide bonds. The topological polar surface area (TPSA) is 39.7 Å². The largest absolute Gasteiger partial charge is 0.348 e. The van der Waals surface area contributed by atoms with E-state index in [0.717, 1.165) is 50.7 Å². The van der Waals surface area contributed by atoms with Crippen molar-refractivity contribution in [2.75, 3.05) is 44.7 Å².